The van der Waals surface area contributed by atoms with Gasteiger partial charge >= 0.3 is 5.97 Å². The van der Waals surface area contributed by atoms with Crippen LogP contribution in [0.2, 0.25) is 5.02 Å². The quantitative estimate of drug-likeness (QED) is 0.248. The molecule has 0 radical (unpaired) electrons. The lowest BCUT2D eigenvalue weighted by atomic mass is 10.1. The van der Waals surface area contributed by atoms with Gasteiger partial charge in [-0.25, -0.2) is 10.2 Å². The predicted molar refractivity (Wildman–Crippen MR) is 122 cm³/mol. The highest BCUT2D eigenvalue weighted by molar-refractivity contribution is 6.33. The summed E-state index contributed by atoms with van der Waals surface area (Å²) in [5.41, 5.74) is 4.81. The summed E-state index contributed by atoms with van der Waals surface area (Å²) >= 11 is 5.95. The second-order valence-electron chi connectivity index (χ2n) is 6.78. The van der Waals surface area contributed by atoms with Gasteiger partial charge < -0.3 is 10.1 Å². The van der Waals surface area contributed by atoms with Crippen LogP contribution >= 0.6 is 11.6 Å². The molecule has 0 saturated heterocycles. The van der Waals surface area contributed by atoms with Crippen LogP contribution in [0.15, 0.2) is 77.9 Å². The largest absolute Gasteiger partial charge is 0.423 e. The van der Waals surface area contributed by atoms with Crippen molar-refractivity contribution in [3.05, 3.63) is 100 Å². The third-order valence-corrected chi connectivity index (χ3v) is 4.64. The Hall–Kier alpha value is -3.97. The molecule has 162 valence electrons. The summed E-state index contributed by atoms with van der Waals surface area (Å²) in [6, 6.07) is 20.3. The summed E-state index contributed by atoms with van der Waals surface area (Å²) in [5.74, 6) is -1.01. The third kappa shape index (κ3) is 6.52. The highest BCUT2D eigenvalue weighted by Gasteiger charge is 2.11. The van der Waals surface area contributed by atoms with Gasteiger partial charge in [0.2, 0.25) is 0 Å². The van der Waals surface area contributed by atoms with Crippen LogP contribution in [-0.4, -0.2) is 30.5 Å². The highest BCUT2D eigenvalue weighted by Crippen LogP contribution is 2.15. The van der Waals surface area contributed by atoms with E-state index in [4.69, 9.17) is 16.3 Å². The zero-order chi connectivity index (χ0) is 22.9. The van der Waals surface area contributed by atoms with Crippen LogP contribution < -0.4 is 15.5 Å². The minimum absolute atomic E-state index is 0.255. The molecule has 0 aliphatic carbocycles. The number of ether oxygens (including phenoxy) is 1. The molecule has 0 fully saturated rings. The first-order valence-corrected chi connectivity index (χ1v) is 10.0. The Morgan fingerprint density at radius 1 is 0.969 bits per heavy atom. The van der Waals surface area contributed by atoms with Crippen LogP contribution in [0.5, 0.6) is 5.75 Å². The van der Waals surface area contributed by atoms with E-state index in [1.165, 1.54) is 6.21 Å². The monoisotopic (exact) mass is 449 g/mol. The minimum atomic E-state index is -0.495. The molecule has 32 heavy (non-hydrogen) atoms. The van der Waals surface area contributed by atoms with Gasteiger partial charge in [0.05, 0.1) is 28.9 Å². The molecule has 8 heteroatoms. The SMILES string of the molecule is Cc1ccc(C(=O)Oc2ccc(/C=N/NC(=O)CNC(=O)c3ccccc3Cl)cc2)cc1. The van der Waals surface area contributed by atoms with E-state index in [-0.39, 0.29) is 12.1 Å². The summed E-state index contributed by atoms with van der Waals surface area (Å²) in [4.78, 5) is 36.0. The number of halogens is 1. The van der Waals surface area contributed by atoms with E-state index in [9.17, 15) is 14.4 Å². The van der Waals surface area contributed by atoms with Crippen molar-refractivity contribution < 1.29 is 19.1 Å². The van der Waals surface area contributed by atoms with Crippen LogP contribution in [0.1, 0.15) is 31.8 Å². The van der Waals surface area contributed by atoms with E-state index in [0.717, 1.165) is 5.56 Å². The number of rotatable bonds is 7. The lowest BCUT2D eigenvalue weighted by molar-refractivity contribution is -0.120. The predicted octanol–water partition coefficient (Wildman–Crippen LogP) is 3.75. The second kappa shape index (κ2) is 10.9. The molecule has 3 rings (SSSR count). The van der Waals surface area contributed by atoms with Crippen LogP contribution in [0.3, 0.4) is 0 Å². The summed E-state index contributed by atoms with van der Waals surface area (Å²) in [5, 5.41) is 6.62. The first-order valence-electron chi connectivity index (χ1n) is 9.66. The molecular weight excluding hydrogens is 430 g/mol. The van der Waals surface area contributed by atoms with Crippen LogP contribution in [-0.2, 0) is 4.79 Å². The van der Waals surface area contributed by atoms with Crippen LogP contribution in [0.25, 0.3) is 0 Å². The Morgan fingerprint density at radius 3 is 2.34 bits per heavy atom. The summed E-state index contributed by atoms with van der Waals surface area (Å²) in [6.07, 6.45) is 1.43. The first kappa shape index (κ1) is 22.7. The normalized spacial score (nSPS) is 10.6. The van der Waals surface area contributed by atoms with Gasteiger partial charge in [0, 0.05) is 0 Å². The van der Waals surface area contributed by atoms with Gasteiger partial charge in [-0.2, -0.15) is 5.10 Å². The van der Waals surface area contributed by atoms with E-state index in [2.05, 4.69) is 15.8 Å². The smallest absolute Gasteiger partial charge is 0.343 e. The Morgan fingerprint density at radius 2 is 1.66 bits per heavy atom. The number of amides is 2. The zero-order valence-electron chi connectivity index (χ0n) is 17.2. The van der Waals surface area contributed by atoms with Crippen molar-refractivity contribution in [3.63, 3.8) is 0 Å². The van der Waals surface area contributed by atoms with Gasteiger partial charge in [-0.05, 0) is 61.0 Å². The van der Waals surface area contributed by atoms with Gasteiger partial charge in [0.25, 0.3) is 11.8 Å². The number of nitrogens with zero attached hydrogens (tertiary/aromatic N) is 1. The molecule has 0 bridgehead atoms. The average molecular weight is 450 g/mol. The number of hydrogen-bond acceptors (Lipinski definition) is 5. The van der Waals surface area contributed by atoms with Gasteiger partial charge in [0.1, 0.15) is 5.75 Å². The summed E-state index contributed by atoms with van der Waals surface area (Å²) in [6.45, 7) is 1.68. The molecule has 7 nitrogen and oxygen atoms in total. The van der Waals surface area contributed by atoms with Crippen molar-refractivity contribution >= 4 is 35.6 Å². The average Bonchev–Trinajstić information content (AvgIpc) is 2.79. The molecule has 0 saturated carbocycles. The molecule has 3 aromatic rings. The minimum Gasteiger partial charge on any atom is -0.423 e. The molecule has 2 amide bonds. The van der Waals surface area contributed by atoms with Gasteiger partial charge in [-0.3, -0.25) is 9.59 Å². The summed E-state index contributed by atoms with van der Waals surface area (Å²) in [7, 11) is 0. The molecule has 0 aromatic heterocycles. The number of carbonyl (C=O) groups excluding carboxylic acids is 3. The van der Waals surface area contributed by atoms with Crippen molar-refractivity contribution in [2.45, 2.75) is 6.92 Å². The van der Waals surface area contributed by atoms with E-state index in [1.807, 2.05) is 19.1 Å². The molecular formula is C24H20ClN3O4. The van der Waals surface area contributed by atoms with Crippen molar-refractivity contribution in [1.82, 2.24) is 10.7 Å². The molecule has 0 spiro atoms. The first-order chi connectivity index (χ1) is 15.4. The molecule has 0 heterocycles. The van der Waals surface area contributed by atoms with Gasteiger partial charge in [-0.1, -0.05) is 41.4 Å². The molecule has 0 aliphatic rings. The Kier molecular flexibility index (Phi) is 7.72. The maximum absolute atomic E-state index is 12.1. The fourth-order valence-electron chi connectivity index (χ4n) is 2.60. The maximum Gasteiger partial charge on any atom is 0.343 e. The Balaban J connectivity index is 1.45. The van der Waals surface area contributed by atoms with Gasteiger partial charge in [-0.15, -0.1) is 0 Å². The number of benzene rings is 3. The van der Waals surface area contributed by atoms with Crippen molar-refractivity contribution in [3.8, 4) is 5.75 Å². The van der Waals surface area contributed by atoms with E-state index in [1.54, 1.807) is 60.7 Å². The topological polar surface area (TPSA) is 96.9 Å². The van der Waals surface area contributed by atoms with Crippen molar-refractivity contribution in [2.24, 2.45) is 5.10 Å². The van der Waals surface area contributed by atoms with Crippen molar-refractivity contribution in [1.29, 1.82) is 0 Å². The molecule has 2 N–H and O–H groups in total. The molecule has 0 unspecified atom stereocenters. The zero-order valence-corrected chi connectivity index (χ0v) is 17.9. The summed E-state index contributed by atoms with van der Waals surface area (Å²) < 4.78 is 5.33. The number of hydrazone groups is 1. The fraction of sp³-hybridized carbons (Fsp3) is 0.0833. The second-order valence-corrected chi connectivity index (χ2v) is 7.19. The highest BCUT2D eigenvalue weighted by atomic mass is 35.5. The van der Waals surface area contributed by atoms with E-state index < -0.39 is 17.8 Å². The molecule has 3 aromatic carbocycles. The lowest BCUT2D eigenvalue weighted by Crippen LogP contribution is -2.35. The number of carbonyl (C=O) groups is 3. The fourth-order valence-corrected chi connectivity index (χ4v) is 2.82. The molecule has 0 atom stereocenters. The lowest BCUT2D eigenvalue weighted by Gasteiger charge is -2.06. The number of esters is 1. The number of nitrogens with one attached hydrogen (secondary N) is 2. The number of aryl methyl sites for hydroxylation is 1. The maximum atomic E-state index is 12.1. The molecule has 0 aliphatic heterocycles. The number of hydrogen-bond donors (Lipinski definition) is 2. The van der Waals surface area contributed by atoms with Crippen LogP contribution in [0.4, 0.5) is 0 Å². The van der Waals surface area contributed by atoms with E-state index in [0.29, 0.717) is 21.9 Å². The standard InChI is InChI=1S/C24H20ClN3O4/c1-16-6-10-18(11-7-16)24(31)32-19-12-8-17(9-13-19)14-27-28-22(29)15-26-23(30)20-4-2-3-5-21(20)25/h2-14H,15H2,1H3,(H,26,30)(H,28,29)/b27-14+. The van der Waals surface area contributed by atoms with Crippen molar-refractivity contribution in [2.75, 3.05) is 6.54 Å². The Bertz CT molecular complexity index is 1140. The van der Waals surface area contributed by atoms with Gasteiger partial charge in [0.15, 0.2) is 0 Å². The van der Waals surface area contributed by atoms with E-state index >= 15 is 0 Å². The third-order valence-electron chi connectivity index (χ3n) is 4.31. The van der Waals surface area contributed by atoms with Crippen LogP contribution in [0, 0.1) is 6.92 Å². The Labute approximate surface area is 190 Å².